The lowest BCUT2D eigenvalue weighted by atomic mass is 9.98. The molecule has 1 aliphatic heterocycles. The third-order valence-corrected chi connectivity index (χ3v) is 6.43. The molecule has 2 fully saturated rings. The van der Waals surface area contributed by atoms with E-state index in [-0.39, 0.29) is 31.3 Å². The van der Waals surface area contributed by atoms with E-state index in [4.69, 9.17) is 0 Å². The molecule has 1 saturated heterocycles. The molecule has 1 heterocycles. The van der Waals surface area contributed by atoms with Gasteiger partial charge in [0.05, 0.1) is 19.6 Å². The van der Waals surface area contributed by atoms with Crippen molar-refractivity contribution in [3.63, 3.8) is 0 Å². The summed E-state index contributed by atoms with van der Waals surface area (Å²) in [6, 6.07) is -1.76. The summed E-state index contributed by atoms with van der Waals surface area (Å²) in [5.41, 5.74) is 0. The van der Waals surface area contributed by atoms with Gasteiger partial charge in [0.1, 0.15) is 17.9 Å². The van der Waals surface area contributed by atoms with Crippen LogP contribution in [0.15, 0.2) is 0 Å². The molecule has 0 radical (unpaired) electrons. The van der Waals surface area contributed by atoms with E-state index in [1.54, 1.807) is 0 Å². The zero-order chi connectivity index (χ0) is 25.4. The molecule has 5 unspecified atom stereocenters. The highest BCUT2D eigenvalue weighted by Gasteiger charge is 2.40. The van der Waals surface area contributed by atoms with Gasteiger partial charge in [0.2, 0.25) is 29.5 Å². The molecule has 1 saturated carbocycles. The minimum absolute atomic E-state index is 0.124. The van der Waals surface area contributed by atoms with E-state index in [1.807, 2.05) is 0 Å². The fourth-order valence-electron chi connectivity index (χ4n) is 4.24. The quantitative estimate of drug-likeness (QED) is 0.387. The number of carbonyl (C=O) groups excluding carboxylic acids is 6. The van der Waals surface area contributed by atoms with Gasteiger partial charge >= 0.3 is 0 Å². The second-order valence-corrected chi connectivity index (χ2v) is 9.50. The van der Waals surface area contributed by atoms with Crippen LogP contribution in [-0.2, 0) is 28.8 Å². The Morgan fingerprint density at radius 2 is 1.82 bits per heavy atom. The van der Waals surface area contributed by atoms with E-state index in [0.29, 0.717) is 37.1 Å². The lowest BCUT2D eigenvalue weighted by Crippen LogP contribution is -2.53. The van der Waals surface area contributed by atoms with Gasteiger partial charge in [-0.25, -0.2) is 0 Å². The summed E-state index contributed by atoms with van der Waals surface area (Å²) in [6.07, 6.45) is 2.86. The van der Waals surface area contributed by atoms with Crippen molar-refractivity contribution in [3.8, 4) is 0 Å². The minimum Gasteiger partial charge on any atom is -0.347 e. The Morgan fingerprint density at radius 3 is 2.50 bits per heavy atom. The number of rotatable bonds is 6. The second-order valence-electron chi connectivity index (χ2n) is 9.50. The number of carbonyl (C=O) groups is 6. The predicted octanol–water partition coefficient (Wildman–Crippen LogP) is -0.898. The summed E-state index contributed by atoms with van der Waals surface area (Å²) < 4.78 is 0. The lowest BCUT2D eigenvalue weighted by molar-refractivity contribution is -0.139. The molecule has 0 aromatic heterocycles. The average Bonchev–Trinajstić information content (AvgIpc) is 3.55. The van der Waals surface area contributed by atoms with Crippen LogP contribution in [0, 0.1) is 17.8 Å². The van der Waals surface area contributed by atoms with Crippen molar-refractivity contribution in [2.24, 2.45) is 17.8 Å². The normalized spacial score (nSPS) is 27.2. The number of fused-ring (bicyclic) bond motifs is 1. The number of hydrogen-bond acceptors (Lipinski definition) is 6. The van der Waals surface area contributed by atoms with E-state index < -0.39 is 35.7 Å². The molecular weight excluding hydrogens is 442 g/mol. The maximum Gasteiger partial charge on any atom is 0.245 e. The van der Waals surface area contributed by atoms with Gasteiger partial charge in [-0.15, -0.1) is 0 Å². The van der Waals surface area contributed by atoms with Crippen LogP contribution in [0.25, 0.3) is 0 Å². The summed E-state index contributed by atoms with van der Waals surface area (Å²) in [6.45, 7) is 6.21. The zero-order valence-electron chi connectivity index (χ0n) is 20.4. The summed E-state index contributed by atoms with van der Waals surface area (Å²) >= 11 is 0. The molecule has 2 rings (SSSR count). The molecular formula is C23H37N5O6. The van der Waals surface area contributed by atoms with Crippen molar-refractivity contribution >= 4 is 35.3 Å². The van der Waals surface area contributed by atoms with Gasteiger partial charge in [0, 0.05) is 13.0 Å². The zero-order valence-corrected chi connectivity index (χ0v) is 20.4. The van der Waals surface area contributed by atoms with Crippen LogP contribution >= 0.6 is 0 Å². The Bertz CT molecular complexity index is 816. The van der Waals surface area contributed by atoms with Crippen molar-refractivity contribution in [2.45, 2.75) is 65.5 Å². The van der Waals surface area contributed by atoms with Crippen molar-refractivity contribution in [1.29, 1.82) is 0 Å². The molecule has 5 amide bonds. The van der Waals surface area contributed by atoms with E-state index in [0.717, 1.165) is 12.8 Å². The highest BCUT2D eigenvalue weighted by molar-refractivity contribution is 5.93. The van der Waals surface area contributed by atoms with Gasteiger partial charge < -0.3 is 26.2 Å². The smallest absolute Gasteiger partial charge is 0.245 e. The standard InChI is InChI=1S/C23H37N5O6/c1-13-7-8-28(12-21(32)26-15(3)22(33)25-10-14(2)29)23(34)16(4)27-20(31)11-24-19(30)6-5-17-9-18(13)17/h13,15-18H,5-12H2,1-4H3,(H,24,30)(H,25,33)(H,26,32)(H,27,31). The monoisotopic (exact) mass is 479 g/mol. The number of amides is 5. The Hall–Kier alpha value is -2.98. The van der Waals surface area contributed by atoms with Crippen molar-refractivity contribution < 1.29 is 28.8 Å². The van der Waals surface area contributed by atoms with E-state index in [1.165, 1.54) is 25.7 Å². The van der Waals surface area contributed by atoms with Crippen LogP contribution in [0.4, 0.5) is 0 Å². The maximum atomic E-state index is 13.1. The maximum absolute atomic E-state index is 13.1. The highest BCUT2D eigenvalue weighted by Crippen LogP contribution is 2.48. The van der Waals surface area contributed by atoms with Crippen LogP contribution in [0.5, 0.6) is 0 Å². The average molecular weight is 480 g/mol. The predicted molar refractivity (Wildman–Crippen MR) is 123 cm³/mol. The van der Waals surface area contributed by atoms with Gasteiger partial charge in [-0.3, -0.25) is 28.8 Å². The summed E-state index contributed by atoms with van der Waals surface area (Å²) in [5.74, 6) is -1.05. The third-order valence-electron chi connectivity index (χ3n) is 6.43. The number of hydrogen-bond donors (Lipinski definition) is 4. The number of nitrogens with zero attached hydrogens (tertiary/aromatic N) is 1. The summed E-state index contributed by atoms with van der Waals surface area (Å²) in [7, 11) is 0. The van der Waals surface area contributed by atoms with Crippen molar-refractivity contribution in [3.05, 3.63) is 0 Å². The Kier molecular flexibility index (Phi) is 10.0. The number of Topliss-reactive ketones (excluding diaryl/α,β-unsaturated/α-hetero) is 1. The van der Waals surface area contributed by atoms with E-state index in [9.17, 15) is 28.8 Å². The Labute approximate surface area is 200 Å². The van der Waals surface area contributed by atoms with Crippen LogP contribution in [-0.4, -0.2) is 78.5 Å². The van der Waals surface area contributed by atoms with E-state index in [2.05, 4.69) is 28.2 Å². The largest absolute Gasteiger partial charge is 0.347 e. The van der Waals surface area contributed by atoms with Gasteiger partial charge in [-0.05, 0) is 57.8 Å². The fraction of sp³-hybridized carbons (Fsp3) is 0.739. The molecule has 1 aliphatic carbocycles. The van der Waals surface area contributed by atoms with E-state index >= 15 is 0 Å². The van der Waals surface area contributed by atoms with Crippen LogP contribution in [0.2, 0.25) is 0 Å². The molecule has 0 aromatic rings. The topological polar surface area (TPSA) is 154 Å². The first-order chi connectivity index (χ1) is 16.0. The third kappa shape index (κ3) is 8.75. The summed E-state index contributed by atoms with van der Waals surface area (Å²) in [5, 5.41) is 10.1. The lowest BCUT2D eigenvalue weighted by Gasteiger charge is -2.27. The summed E-state index contributed by atoms with van der Waals surface area (Å²) in [4.78, 5) is 74.3. The van der Waals surface area contributed by atoms with Gasteiger partial charge in [-0.2, -0.15) is 0 Å². The molecule has 2 aliphatic rings. The number of ketones is 1. The fourth-order valence-corrected chi connectivity index (χ4v) is 4.24. The molecule has 11 nitrogen and oxygen atoms in total. The Balaban J connectivity index is 2.03. The first-order valence-electron chi connectivity index (χ1n) is 11.9. The first-order valence-corrected chi connectivity index (χ1v) is 11.9. The molecule has 0 spiro atoms. The first kappa shape index (κ1) is 27.3. The highest BCUT2D eigenvalue weighted by atomic mass is 16.2. The van der Waals surface area contributed by atoms with Crippen LogP contribution < -0.4 is 21.3 Å². The molecule has 190 valence electrons. The van der Waals surface area contributed by atoms with Gasteiger partial charge in [-0.1, -0.05) is 6.92 Å². The minimum atomic E-state index is -0.886. The molecule has 11 heteroatoms. The molecule has 34 heavy (non-hydrogen) atoms. The number of nitrogens with one attached hydrogen (secondary N) is 4. The van der Waals surface area contributed by atoms with Gasteiger partial charge in [0.25, 0.3) is 0 Å². The molecule has 0 aromatic carbocycles. The SMILES string of the molecule is CC(=O)CNC(=O)C(C)NC(=O)CN1CCC(C)C2CC2CCC(=O)NCC(=O)NC(C)C1=O. The van der Waals surface area contributed by atoms with Crippen molar-refractivity contribution in [2.75, 3.05) is 26.2 Å². The molecule has 5 atom stereocenters. The molecule has 4 N–H and O–H groups in total. The van der Waals surface area contributed by atoms with Crippen LogP contribution in [0.1, 0.15) is 53.4 Å². The van der Waals surface area contributed by atoms with Crippen molar-refractivity contribution in [1.82, 2.24) is 26.2 Å². The Morgan fingerprint density at radius 1 is 1.12 bits per heavy atom. The molecule has 0 bridgehead atoms. The van der Waals surface area contributed by atoms with Crippen LogP contribution in [0.3, 0.4) is 0 Å². The second kappa shape index (κ2) is 12.5. The van der Waals surface area contributed by atoms with Gasteiger partial charge in [0.15, 0.2) is 0 Å².